The quantitative estimate of drug-likeness (QED) is 0.761. The molecule has 0 aromatic heterocycles. The molecule has 1 aromatic carbocycles. The van der Waals surface area contributed by atoms with Gasteiger partial charge in [-0.2, -0.15) is 0 Å². The van der Waals surface area contributed by atoms with Gasteiger partial charge in [0.1, 0.15) is 5.82 Å². The van der Waals surface area contributed by atoms with Crippen molar-refractivity contribution in [3.8, 4) is 0 Å². The van der Waals surface area contributed by atoms with E-state index < -0.39 is 17.5 Å². The lowest BCUT2D eigenvalue weighted by atomic mass is 10.1. The first-order chi connectivity index (χ1) is 8.08. The van der Waals surface area contributed by atoms with E-state index in [1.807, 2.05) is 6.92 Å². The molecule has 1 aromatic rings. The summed E-state index contributed by atoms with van der Waals surface area (Å²) in [7, 11) is 0. The van der Waals surface area contributed by atoms with Gasteiger partial charge in [0.2, 0.25) is 0 Å². The van der Waals surface area contributed by atoms with E-state index in [4.69, 9.17) is 0 Å². The molecule has 2 nitrogen and oxygen atoms in total. The van der Waals surface area contributed by atoms with Crippen LogP contribution in [0, 0.1) is 23.4 Å². The average Bonchev–Trinajstić information content (AvgIpc) is 2.48. The van der Waals surface area contributed by atoms with Gasteiger partial charge < -0.3 is 10.2 Å². The molecule has 1 heterocycles. The molecular formula is C12H15F3N2. The van der Waals surface area contributed by atoms with Gasteiger partial charge in [0.05, 0.1) is 5.69 Å². The summed E-state index contributed by atoms with van der Waals surface area (Å²) in [5.74, 6) is -2.54. The Morgan fingerprint density at radius 3 is 2.82 bits per heavy atom. The summed E-state index contributed by atoms with van der Waals surface area (Å²) in [4.78, 5) is 1.69. The van der Waals surface area contributed by atoms with E-state index in [9.17, 15) is 13.2 Å². The fourth-order valence-electron chi connectivity index (χ4n) is 2.09. The monoisotopic (exact) mass is 244 g/mol. The second kappa shape index (κ2) is 4.96. The molecule has 94 valence electrons. The summed E-state index contributed by atoms with van der Waals surface area (Å²) in [6.45, 7) is 4.66. The molecule has 0 bridgehead atoms. The van der Waals surface area contributed by atoms with Crippen LogP contribution in [0.15, 0.2) is 12.1 Å². The van der Waals surface area contributed by atoms with Gasteiger partial charge in [0.15, 0.2) is 11.6 Å². The standard InChI is InChI=1S/C12H15F3N2/c1-8-6-16-2-3-17(7-8)11-5-9(13)4-10(14)12(11)15/h4-5,8,16H,2-3,6-7H2,1H3. The van der Waals surface area contributed by atoms with Crippen LogP contribution in [0.5, 0.6) is 0 Å². The van der Waals surface area contributed by atoms with E-state index in [-0.39, 0.29) is 5.69 Å². The van der Waals surface area contributed by atoms with Crippen LogP contribution in [0.2, 0.25) is 0 Å². The SMILES string of the molecule is CC1CNCCN(c2cc(F)cc(F)c2F)C1. The number of hydrogen-bond donors (Lipinski definition) is 1. The van der Waals surface area contributed by atoms with Crippen LogP contribution in [0.4, 0.5) is 18.9 Å². The largest absolute Gasteiger partial charge is 0.367 e. The van der Waals surface area contributed by atoms with Crippen LogP contribution in [0.1, 0.15) is 6.92 Å². The molecule has 2 rings (SSSR count). The van der Waals surface area contributed by atoms with Gasteiger partial charge in [-0.15, -0.1) is 0 Å². The summed E-state index contributed by atoms with van der Waals surface area (Å²) < 4.78 is 39.9. The zero-order chi connectivity index (χ0) is 12.4. The first-order valence-corrected chi connectivity index (χ1v) is 5.68. The number of hydrogen-bond acceptors (Lipinski definition) is 2. The molecule has 0 radical (unpaired) electrons. The Morgan fingerprint density at radius 2 is 2.06 bits per heavy atom. The summed E-state index contributed by atoms with van der Waals surface area (Å²) >= 11 is 0. The van der Waals surface area contributed by atoms with Crippen LogP contribution < -0.4 is 10.2 Å². The number of benzene rings is 1. The molecule has 1 aliphatic heterocycles. The highest BCUT2D eigenvalue weighted by molar-refractivity contribution is 5.48. The third kappa shape index (κ3) is 2.72. The van der Waals surface area contributed by atoms with Crippen molar-refractivity contribution in [3.63, 3.8) is 0 Å². The summed E-state index contributed by atoms with van der Waals surface area (Å²) in [5.41, 5.74) is 0.0121. The van der Waals surface area contributed by atoms with Gasteiger partial charge >= 0.3 is 0 Å². The highest BCUT2D eigenvalue weighted by atomic mass is 19.2. The summed E-state index contributed by atoms with van der Waals surface area (Å²) in [6, 6.07) is 1.62. The lowest BCUT2D eigenvalue weighted by molar-refractivity contribution is 0.489. The second-order valence-corrected chi connectivity index (χ2v) is 4.48. The molecule has 1 fully saturated rings. The third-order valence-electron chi connectivity index (χ3n) is 2.90. The first kappa shape index (κ1) is 12.2. The predicted octanol–water partition coefficient (Wildman–Crippen LogP) is 2.15. The predicted molar refractivity (Wildman–Crippen MR) is 60.6 cm³/mol. The molecule has 1 atom stereocenters. The van der Waals surface area contributed by atoms with Gasteiger partial charge in [0, 0.05) is 31.8 Å². The normalized spacial score (nSPS) is 21.4. The van der Waals surface area contributed by atoms with Crippen molar-refractivity contribution < 1.29 is 13.2 Å². The molecule has 1 unspecified atom stereocenters. The van der Waals surface area contributed by atoms with E-state index in [2.05, 4.69) is 5.32 Å². The molecule has 0 saturated carbocycles. The van der Waals surface area contributed by atoms with E-state index in [1.165, 1.54) is 0 Å². The fourth-order valence-corrected chi connectivity index (χ4v) is 2.09. The lowest BCUT2D eigenvalue weighted by Crippen LogP contribution is -2.30. The first-order valence-electron chi connectivity index (χ1n) is 5.68. The van der Waals surface area contributed by atoms with E-state index in [0.717, 1.165) is 12.6 Å². The zero-order valence-corrected chi connectivity index (χ0v) is 9.64. The van der Waals surface area contributed by atoms with Crippen molar-refractivity contribution in [2.24, 2.45) is 5.92 Å². The molecular weight excluding hydrogens is 229 g/mol. The summed E-state index contributed by atoms with van der Waals surface area (Å²) in [5, 5.41) is 3.19. The molecule has 1 saturated heterocycles. The topological polar surface area (TPSA) is 15.3 Å². The van der Waals surface area contributed by atoms with Gasteiger partial charge in [0.25, 0.3) is 0 Å². The van der Waals surface area contributed by atoms with Crippen LogP contribution in [0.3, 0.4) is 0 Å². The lowest BCUT2D eigenvalue weighted by Gasteiger charge is -2.25. The molecule has 17 heavy (non-hydrogen) atoms. The number of nitrogens with one attached hydrogen (secondary N) is 1. The Kier molecular flexibility index (Phi) is 3.57. The van der Waals surface area contributed by atoms with Gasteiger partial charge in [-0.05, 0) is 12.5 Å². The number of halogens is 3. The van der Waals surface area contributed by atoms with E-state index in [1.54, 1.807) is 4.90 Å². The Labute approximate surface area is 98.4 Å². The highest BCUT2D eigenvalue weighted by Crippen LogP contribution is 2.24. The molecule has 5 heteroatoms. The van der Waals surface area contributed by atoms with Crippen LogP contribution in [-0.4, -0.2) is 26.2 Å². The fraction of sp³-hybridized carbons (Fsp3) is 0.500. The van der Waals surface area contributed by atoms with Gasteiger partial charge in [-0.3, -0.25) is 0 Å². The van der Waals surface area contributed by atoms with Crippen LogP contribution >= 0.6 is 0 Å². The van der Waals surface area contributed by atoms with Crippen molar-refractivity contribution in [3.05, 3.63) is 29.6 Å². The minimum Gasteiger partial charge on any atom is -0.367 e. The average molecular weight is 244 g/mol. The highest BCUT2D eigenvalue weighted by Gasteiger charge is 2.20. The van der Waals surface area contributed by atoms with E-state index >= 15 is 0 Å². The third-order valence-corrected chi connectivity index (χ3v) is 2.90. The Balaban J connectivity index is 2.31. The Hall–Kier alpha value is -1.23. The number of rotatable bonds is 1. The molecule has 0 spiro atoms. The van der Waals surface area contributed by atoms with Crippen molar-refractivity contribution in [2.45, 2.75) is 6.92 Å². The van der Waals surface area contributed by atoms with Gasteiger partial charge in [-0.25, -0.2) is 13.2 Å². The van der Waals surface area contributed by atoms with Crippen molar-refractivity contribution in [2.75, 3.05) is 31.1 Å². The van der Waals surface area contributed by atoms with Gasteiger partial charge in [-0.1, -0.05) is 6.92 Å². The van der Waals surface area contributed by atoms with Crippen LogP contribution in [0.25, 0.3) is 0 Å². The van der Waals surface area contributed by atoms with Crippen LogP contribution in [-0.2, 0) is 0 Å². The second-order valence-electron chi connectivity index (χ2n) is 4.48. The maximum atomic E-state index is 13.6. The van der Waals surface area contributed by atoms with Crippen molar-refractivity contribution in [1.29, 1.82) is 0 Å². The number of nitrogens with zero attached hydrogens (tertiary/aromatic N) is 1. The number of anilines is 1. The smallest absolute Gasteiger partial charge is 0.182 e. The Bertz CT molecular complexity index is 409. The van der Waals surface area contributed by atoms with E-state index in [0.29, 0.717) is 31.6 Å². The minimum absolute atomic E-state index is 0.0121. The molecule has 0 amide bonds. The molecule has 0 aliphatic carbocycles. The zero-order valence-electron chi connectivity index (χ0n) is 9.64. The molecule has 1 N–H and O–H groups in total. The Morgan fingerprint density at radius 1 is 1.29 bits per heavy atom. The minimum atomic E-state index is -1.13. The summed E-state index contributed by atoms with van der Waals surface area (Å²) in [6.07, 6.45) is 0. The maximum absolute atomic E-state index is 13.6. The maximum Gasteiger partial charge on any atom is 0.182 e. The van der Waals surface area contributed by atoms with Crippen molar-refractivity contribution in [1.82, 2.24) is 5.32 Å². The molecule has 1 aliphatic rings. The van der Waals surface area contributed by atoms with Crippen molar-refractivity contribution >= 4 is 5.69 Å².